The highest BCUT2D eigenvalue weighted by Crippen LogP contribution is 2.45. The van der Waals surface area contributed by atoms with Crippen LogP contribution in [-0.4, -0.2) is 127 Å². The van der Waals surface area contributed by atoms with Gasteiger partial charge in [-0.05, 0) is 113 Å². The number of aldehydes is 1. The maximum absolute atomic E-state index is 12.9. The highest BCUT2D eigenvalue weighted by Gasteiger charge is 2.30. The van der Waals surface area contributed by atoms with Gasteiger partial charge in [0.1, 0.15) is 22.5 Å². The van der Waals surface area contributed by atoms with Crippen LogP contribution in [-0.2, 0) is 48.0 Å². The Morgan fingerprint density at radius 2 is 1.05 bits per heavy atom. The minimum atomic E-state index is -0.566. The van der Waals surface area contributed by atoms with E-state index < -0.39 is 11.2 Å². The lowest BCUT2D eigenvalue weighted by atomic mass is 9.99. The first kappa shape index (κ1) is 67.9. The number of likely N-dealkylation sites (N-methyl/N-ethyl adjacent to an activating group) is 2. The zero-order valence-electron chi connectivity index (χ0n) is 55.9. The molecule has 4 aromatic carbocycles. The summed E-state index contributed by atoms with van der Waals surface area (Å²) in [4.78, 5) is 75.8. The molecule has 13 rings (SSSR count). The number of aryl methyl sites for hydroxylation is 2. The summed E-state index contributed by atoms with van der Waals surface area (Å²) in [6.07, 6.45) is 8.99. The molecule has 500 valence electrons. The highest BCUT2D eigenvalue weighted by molar-refractivity contribution is 6.40. The quantitative estimate of drug-likeness (QED) is 0.117. The number of halogens is 4. The summed E-state index contributed by atoms with van der Waals surface area (Å²) in [5, 5.41) is 10.4. The van der Waals surface area contributed by atoms with Crippen LogP contribution in [0.2, 0.25) is 20.1 Å². The van der Waals surface area contributed by atoms with Crippen LogP contribution in [0.5, 0.6) is 0 Å². The van der Waals surface area contributed by atoms with E-state index in [0.29, 0.717) is 101 Å². The van der Waals surface area contributed by atoms with Crippen LogP contribution >= 0.6 is 46.4 Å². The molecule has 0 spiro atoms. The highest BCUT2D eigenvalue weighted by atomic mass is 35.5. The predicted molar refractivity (Wildman–Crippen MR) is 388 cm³/mol. The van der Waals surface area contributed by atoms with E-state index in [2.05, 4.69) is 49.8 Å². The van der Waals surface area contributed by atoms with Crippen molar-refractivity contribution in [2.75, 3.05) is 56.6 Å². The normalized spacial score (nSPS) is 14.9. The fourth-order valence-corrected chi connectivity index (χ4v) is 14.0. The molecule has 18 nitrogen and oxygen atoms in total. The molecule has 97 heavy (non-hydrogen) atoms. The van der Waals surface area contributed by atoms with Crippen LogP contribution in [0.3, 0.4) is 0 Å². The van der Waals surface area contributed by atoms with Gasteiger partial charge in [0.25, 0.3) is 0 Å². The number of anilines is 2. The first-order valence-electron chi connectivity index (χ1n) is 32.2. The third kappa shape index (κ3) is 14.5. The Bertz CT molecular complexity index is 4730. The second-order valence-electron chi connectivity index (χ2n) is 26.9. The Hall–Kier alpha value is -9.04. The van der Waals surface area contributed by atoms with E-state index >= 15 is 0 Å². The van der Waals surface area contributed by atoms with E-state index in [-0.39, 0.29) is 24.1 Å². The smallest absolute Gasteiger partial charge is 0.410 e. The van der Waals surface area contributed by atoms with Gasteiger partial charge in [-0.2, -0.15) is 0 Å². The number of nitrogens with one attached hydrogen (secondary N) is 2. The maximum Gasteiger partial charge on any atom is 0.410 e. The first-order chi connectivity index (χ1) is 46.3. The van der Waals surface area contributed by atoms with Crippen LogP contribution in [0.25, 0.3) is 89.4 Å². The zero-order valence-corrected chi connectivity index (χ0v) is 58.9. The Kier molecular flexibility index (Phi) is 19.5. The molecule has 0 aliphatic carbocycles. The number of hydrogen-bond donors (Lipinski definition) is 2. The van der Waals surface area contributed by atoms with Crippen LogP contribution < -0.4 is 20.4 Å². The molecule has 0 unspecified atom stereocenters. The zero-order chi connectivity index (χ0) is 68.8. The average Bonchev–Trinajstić information content (AvgIpc) is 1.74. The predicted octanol–water partition coefficient (Wildman–Crippen LogP) is 16.1. The molecule has 3 amide bonds. The monoisotopic (exact) mass is 1380 g/mol. The van der Waals surface area contributed by atoms with Crippen molar-refractivity contribution in [3.63, 3.8) is 0 Å². The van der Waals surface area contributed by atoms with E-state index in [0.717, 1.165) is 114 Å². The number of fused-ring (bicyclic) bond motifs is 4. The second-order valence-corrected chi connectivity index (χ2v) is 28.4. The van der Waals surface area contributed by atoms with E-state index in [4.69, 9.17) is 70.8 Å². The first-order valence-corrected chi connectivity index (χ1v) is 33.7. The van der Waals surface area contributed by atoms with E-state index in [1.165, 1.54) is 0 Å². The summed E-state index contributed by atoms with van der Waals surface area (Å²) in [6, 6.07) is 35.6. The van der Waals surface area contributed by atoms with Gasteiger partial charge in [-0.3, -0.25) is 19.6 Å². The lowest BCUT2D eigenvalue weighted by Crippen LogP contribution is -2.38. The molecule has 10 aromatic rings. The largest absolute Gasteiger partial charge is 0.444 e. The van der Waals surface area contributed by atoms with Crippen molar-refractivity contribution in [1.29, 1.82) is 0 Å². The summed E-state index contributed by atoms with van der Waals surface area (Å²) in [6.45, 7) is 15.9. The molecule has 6 aromatic heterocycles. The number of aromatic nitrogens is 6. The van der Waals surface area contributed by atoms with Gasteiger partial charge >= 0.3 is 12.2 Å². The standard InChI is InChI=1S/C40H43Cl2N7O3.C35H33Cl2N5O3/c1-40(2,3)52-39(51)49-18-17-47(4)33-19-24(9-10-25(33)23-49)37-36(42)30(15-16-44-37)29-7-6-8-31(35(29)41)32-13-12-28-26(22-48(5)38(28)46-32)20-43-21-27-11-14-34(50)45-27;1-35(2,3)45-34(44)42-16-15-40(4)29-17-21(9-10-22(29)19-42)32-31(37)26(13-14-38-32)25-7-6-8-27(30(25)36)28-12-11-24-23(20-43)18-41(5)33(24)39-28/h6-10,12-13,15-16,19,22,27,43H,11,14,17-18,20-21,23H2,1-5H3,(H,45,50);6-14,17-18,20H,15-16,19H2,1-5H3/t27-;/m0./s1. The molecule has 3 aliphatic rings. The molecule has 1 saturated heterocycles. The van der Waals surface area contributed by atoms with Gasteiger partial charge < -0.3 is 48.8 Å². The Balaban J connectivity index is 0.000000187. The maximum atomic E-state index is 12.9. The van der Waals surface area contributed by atoms with Crippen molar-refractivity contribution in [3.8, 4) is 67.3 Å². The molecule has 0 bridgehead atoms. The molecule has 1 atom stereocenters. The van der Waals surface area contributed by atoms with Crippen LogP contribution in [0.4, 0.5) is 21.0 Å². The van der Waals surface area contributed by atoms with Gasteiger partial charge in [0.05, 0.1) is 56.0 Å². The Morgan fingerprint density at radius 1 is 0.588 bits per heavy atom. The van der Waals surface area contributed by atoms with Crippen molar-refractivity contribution in [3.05, 3.63) is 176 Å². The molecule has 3 aliphatic heterocycles. The van der Waals surface area contributed by atoms with E-state index in [1.54, 1.807) is 28.4 Å². The SMILES string of the molecule is CN1CCN(C(=O)OC(C)(C)C)Cc2ccc(-c3nccc(-c4cccc(-c5ccc6c(C=O)cn(C)c6n5)c4Cl)c3Cl)cc21.CN1CCN(C(=O)OC(C)(C)C)Cc2ccc(-c3nccc(-c4cccc(-c5ccc6c(CNC[C@@H]7CCC(=O)N7)cn(C)c6n5)c4Cl)c3Cl)cc21. The van der Waals surface area contributed by atoms with Gasteiger partial charge in [0, 0.05) is 177 Å². The van der Waals surface area contributed by atoms with Crippen molar-refractivity contribution in [1.82, 2.24) is 49.5 Å². The lowest BCUT2D eigenvalue weighted by Gasteiger charge is -2.26. The third-order valence-corrected chi connectivity index (χ3v) is 19.1. The van der Waals surface area contributed by atoms with Crippen LogP contribution in [0, 0.1) is 0 Å². The summed E-state index contributed by atoms with van der Waals surface area (Å²) in [5.41, 5.74) is 15.2. The average molecular weight is 1380 g/mol. The molecule has 0 saturated carbocycles. The van der Waals surface area contributed by atoms with Gasteiger partial charge in [-0.25, -0.2) is 19.6 Å². The fourth-order valence-electron chi connectivity index (χ4n) is 12.7. The molecule has 0 radical (unpaired) electrons. The summed E-state index contributed by atoms with van der Waals surface area (Å²) >= 11 is 28.5. The number of ether oxygens (including phenoxy) is 2. The number of rotatable bonds is 11. The second kappa shape index (κ2) is 27.8. The van der Waals surface area contributed by atoms with Crippen LogP contribution in [0.1, 0.15) is 81.4 Å². The summed E-state index contributed by atoms with van der Waals surface area (Å²) in [5.74, 6) is 0.122. The number of nitrogens with zero attached hydrogens (tertiary/aromatic N) is 10. The molecule has 22 heteroatoms. The van der Waals surface area contributed by atoms with E-state index in [1.807, 2.05) is 170 Å². The van der Waals surface area contributed by atoms with E-state index in [9.17, 15) is 19.2 Å². The number of hydrogen-bond acceptors (Lipinski definition) is 13. The van der Waals surface area contributed by atoms with Crippen LogP contribution in [0.15, 0.2) is 134 Å². The number of carbonyl (C=O) groups excluding carboxylic acids is 4. The third-order valence-electron chi connectivity index (χ3n) is 17.6. The molecule has 1 fully saturated rings. The molecular weight excluding hydrogens is 1310 g/mol. The molecule has 9 heterocycles. The van der Waals surface area contributed by atoms with Gasteiger partial charge in [-0.1, -0.05) is 107 Å². The Labute approximate surface area is 584 Å². The minimum absolute atomic E-state index is 0.122. The Morgan fingerprint density at radius 3 is 1.53 bits per heavy atom. The van der Waals surface area contributed by atoms with Gasteiger partial charge in [-0.15, -0.1) is 0 Å². The minimum Gasteiger partial charge on any atom is -0.444 e. The van der Waals surface area contributed by atoms with Crippen molar-refractivity contribution >= 4 is 104 Å². The topological polar surface area (TPSA) is 185 Å². The number of carbonyl (C=O) groups is 4. The summed E-state index contributed by atoms with van der Waals surface area (Å²) in [7, 11) is 7.89. The summed E-state index contributed by atoms with van der Waals surface area (Å²) < 4.78 is 15.2. The van der Waals surface area contributed by atoms with Crippen molar-refractivity contribution < 1.29 is 28.7 Å². The lowest BCUT2D eigenvalue weighted by molar-refractivity contribution is -0.119. The number of amides is 3. The fraction of sp³-hybridized carbons (Fsp3) is 0.307. The van der Waals surface area contributed by atoms with Crippen molar-refractivity contribution in [2.24, 2.45) is 14.1 Å². The van der Waals surface area contributed by atoms with Gasteiger partial charge in [0.2, 0.25) is 5.91 Å². The molecular formula is C75H76Cl4N12O6. The number of pyridine rings is 4. The van der Waals surface area contributed by atoms with Gasteiger partial charge in [0.15, 0.2) is 6.29 Å². The number of benzene rings is 4. The molecule has 2 N–H and O–H groups in total. The van der Waals surface area contributed by atoms with Crippen molar-refractivity contribution in [2.45, 2.75) is 91.3 Å².